The molecule has 1 nitrogen and oxygen atoms in total. The van der Waals surface area contributed by atoms with Gasteiger partial charge in [0.1, 0.15) is 23.2 Å². The molecule has 0 fully saturated rings. The van der Waals surface area contributed by atoms with Crippen LogP contribution in [0.25, 0.3) is 0 Å². The Kier molecular flexibility index (Phi) is 5.60. The van der Waals surface area contributed by atoms with E-state index in [9.17, 15) is 5.11 Å². The lowest BCUT2D eigenvalue weighted by molar-refractivity contribution is -0.296. The molecule has 1 aliphatic carbocycles. The molecule has 2 heteroatoms. The minimum Gasteiger partial charge on any atom is -0.872 e. The normalized spacial score (nSPS) is 15.6. The van der Waals surface area contributed by atoms with Crippen molar-refractivity contribution in [2.75, 3.05) is 0 Å². The Morgan fingerprint density at radius 3 is 1.52 bits per heavy atom. The van der Waals surface area contributed by atoms with Crippen LogP contribution in [0.2, 0.25) is 0 Å². The molecule has 3 aromatic carbocycles. The van der Waals surface area contributed by atoms with Gasteiger partial charge in [-0.3, -0.25) is 0 Å². The Morgan fingerprint density at radius 1 is 0.621 bits per heavy atom. The van der Waals surface area contributed by atoms with E-state index in [0.717, 1.165) is 10.9 Å². The van der Waals surface area contributed by atoms with Crippen molar-refractivity contribution in [1.82, 2.24) is 0 Å². The minimum atomic E-state index is -2.21. The average molecular weight is 394 g/mol. The highest BCUT2D eigenvalue weighted by Gasteiger charge is 2.48. The molecule has 0 spiro atoms. The fourth-order valence-corrected chi connectivity index (χ4v) is 8.45. The molecule has 4 rings (SSSR count). The van der Waals surface area contributed by atoms with E-state index >= 15 is 0 Å². The Morgan fingerprint density at radius 2 is 1.07 bits per heavy atom. The van der Waals surface area contributed by atoms with Crippen molar-refractivity contribution in [3.8, 4) is 0 Å². The van der Waals surface area contributed by atoms with E-state index in [-0.39, 0.29) is 5.76 Å². The van der Waals surface area contributed by atoms with Gasteiger partial charge in [-0.05, 0) is 43.3 Å². The third-order valence-electron chi connectivity index (χ3n) is 5.32. The molecule has 3 aromatic rings. The summed E-state index contributed by atoms with van der Waals surface area (Å²) in [7, 11) is -2.21. The van der Waals surface area contributed by atoms with Crippen molar-refractivity contribution in [2.45, 2.75) is 6.92 Å². The Labute approximate surface area is 173 Å². The second-order valence-electron chi connectivity index (χ2n) is 6.95. The van der Waals surface area contributed by atoms with E-state index < -0.39 is 7.26 Å². The number of allylic oxidation sites excluding steroid dienone is 6. The van der Waals surface area contributed by atoms with Gasteiger partial charge >= 0.3 is 0 Å². The number of benzene rings is 3. The average Bonchev–Trinajstić information content (AvgIpc) is 3.01. The number of rotatable bonds is 4. The molecule has 0 amide bonds. The van der Waals surface area contributed by atoms with Crippen molar-refractivity contribution < 1.29 is 5.11 Å². The largest absolute Gasteiger partial charge is 0.872 e. The first-order valence-corrected chi connectivity index (χ1v) is 11.5. The van der Waals surface area contributed by atoms with E-state index in [2.05, 4.69) is 79.7 Å². The van der Waals surface area contributed by atoms with Gasteiger partial charge in [0, 0.05) is 5.57 Å². The molecule has 0 aromatic heterocycles. The molecule has 0 N–H and O–H groups in total. The summed E-state index contributed by atoms with van der Waals surface area (Å²) in [5.74, 6) is 0.0552. The number of hydrogen-bond acceptors (Lipinski definition) is 1. The standard InChI is InChI=1S/C27H23OP/c1-22(26-20-12-5-13-21-27(26)28)29(23-14-6-2-7-15-23,24-16-8-3-9-17-24)25-18-10-4-11-19-25/h2-21H,1H3/b26-22+. The molecule has 0 saturated carbocycles. The van der Waals surface area contributed by atoms with Gasteiger partial charge in [-0.2, -0.15) is 0 Å². The molecule has 0 aliphatic heterocycles. The van der Waals surface area contributed by atoms with Crippen molar-refractivity contribution in [3.63, 3.8) is 0 Å². The molecule has 1 aliphatic rings. The van der Waals surface area contributed by atoms with Crippen LogP contribution in [0.4, 0.5) is 0 Å². The summed E-state index contributed by atoms with van der Waals surface area (Å²) in [5, 5.41) is 17.9. The summed E-state index contributed by atoms with van der Waals surface area (Å²) < 4.78 is 0. The molecule has 0 heterocycles. The third kappa shape index (κ3) is 3.50. The van der Waals surface area contributed by atoms with Crippen molar-refractivity contribution in [3.05, 3.63) is 138 Å². The van der Waals surface area contributed by atoms with Crippen molar-refractivity contribution in [1.29, 1.82) is 0 Å². The lowest BCUT2D eigenvalue weighted by atomic mass is 10.2. The molecular weight excluding hydrogens is 371 g/mol. The maximum Gasteiger partial charge on any atom is 0.140 e. The van der Waals surface area contributed by atoms with Gasteiger partial charge in [-0.1, -0.05) is 90.7 Å². The van der Waals surface area contributed by atoms with Crippen molar-refractivity contribution in [2.24, 2.45) is 0 Å². The van der Waals surface area contributed by atoms with Gasteiger partial charge in [0.25, 0.3) is 0 Å². The second-order valence-corrected chi connectivity index (χ2v) is 10.5. The molecule has 0 atom stereocenters. The topological polar surface area (TPSA) is 23.1 Å². The molecule has 0 radical (unpaired) electrons. The van der Waals surface area contributed by atoms with E-state index in [4.69, 9.17) is 0 Å². The zero-order valence-electron chi connectivity index (χ0n) is 16.4. The van der Waals surface area contributed by atoms with Gasteiger partial charge in [-0.15, -0.1) is 0 Å². The van der Waals surface area contributed by atoms with E-state index in [1.54, 1.807) is 6.08 Å². The summed E-state index contributed by atoms with van der Waals surface area (Å²) in [6.07, 6.45) is 9.30. The first-order chi connectivity index (χ1) is 14.2. The van der Waals surface area contributed by atoms with Crippen LogP contribution >= 0.6 is 7.26 Å². The quantitative estimate of drug-likeness (QED) is 0.592. The van der Waals surface area contributed by atoms with E-state index in [1.807, 2.05) is 42.5 Å². The van der Waals surface area contributed by atoms with Crippen molar-refractivity contribution >= 4 is 23.2 Å². The molecule has 142 valence electrons. The van der Waals surface area contributed by atoms with Gasteiger partial charge in [0.05, 0.1) is 5.31 Å². The predicted octanol–water partition coefficient (Wildman–Crippen LogP) is 4.62. The second kappa shape index (κ2) is 8.47. The van der Waals surface area contributed by atoms with Crippen LogP contribution in [0.15, 0.2) is 138 Å². The first kappa shape index (κ1) is 19.2. The fraction of sp³-hybridized carbons (Fsp3) is 0.0370. The van der Waals surface area contributed by atoms with Crippen LogP contribution in [0, 0.1) is 0 Å². The van der Waals surface area contributed by atoms with Crippen LogP contribution in [-0.4, -0.2) is 0 Å². The summed E-state index contributed by atoms with van der Waals surface area (Å²) in [6.45, 7) is 2.14. The molecule has 0 bridgehead atoms. The Balaban J connectivity index is 2.15. The van der Waals surface area contributed by atoms with Crippen LogP contribution in [0.3, 0.4) is 0 Å². The number of hydrogen-bond donors (Lipinski definition) is 0. The van der Waals surface area contributed by atoms with Gasteiger partial charge in [-0.25, -0.2) is 0 Å². The predicted molar refractivity (Wildman–Crippen MR) is 124 cm³/mol. The Bertz CT molecular complexity index is 994. The van der Waals surface area contributed by atoms with Crippen LogP contribution in [0.5, 0.6) is 0 Å². The fourth-order valence-electron chi connectivity index (χ4n) is 3.99. The maximum absolute atomic E-state index is 13.0. The molecule has 0 unspecified atom stereocenters. The highest BCUT2D eigenvalue weighted by molar-refractivity contribution is 7.99. The lowest BCUT2D eigenvalue weighted by Crippen LogP contribution is -2.32. The highest BCUT2D eigenvalue weighted by Crippen LogP contribution is 2.63. The summed E-state index contributed by atoms with van der Waals surface area (Å²) >= 11 is 0. The molecular formula is C27H23OP. The summed E-state index contributed by atoms with van der Waals surface area (Å²) in [4.78, 5) is 0. The zero-order chi connectivity index (χ0) is 20.1. The van der Waals surface area contributed by atoms with Crippen LogP contribution in [0.1, 0.15) is 6.92 Å². The first-order valence-electron chi connectivity index (χ1n) is 9.74. The molecule has 0 saturated heterocycles. The van der Waals surface area contributed by atoms with E-state index in [1.165, 1.54) is 15.9 Å². The molecule has 29 heavy (non-hydrogen) atoms. The SMILES string of the molecule is C/C(=C1/C=CC=CC=C1[O-])[P+](c1ccccc1)(c1ccccc1)c1ccccc1. The summed E-state index contributed by atoms with van der Waals surface area (Å²) in [5.41, 5.74) is 0.778. The van der Waals surface area contributed by atoms with Gasteiger partial charge in [0.15, 0.2) is 0 Å². The maximum atomic E-state index is 13.0. The smallest absolute Gasteiger partial charge is 0.140 e. The van der Waals surface area contributed by atoms with Gasteiger partial charge < -0.3 is 5.11 Å². The summed E-state index contributed by atoms with van der Waals surface area (Å²) in [6, 6.07) is 31.9. The van der Waals surface area contributed by atoms with Gasteiger partial charge in [0.2, 0.25) is 0 Å². The van der Waals surface area contributed by atoms with Crippen LogP contribution in [-0.2, 0) is 0 Å². The minimum absolute atomic E-state index is 0.0552. The Hall–Kier alpha value is -3.15. The third-order valence-corrected chi connectivity index (χ3v) is 9.79. The van der Waals surface area contributed by atoms with Crippen LogP contribution < -0.4 is 21.0 Å². The zero-order valence-corrected chi connectivity index (χ0v) is 17.3. The monoisotopic (exact) mass is 394 g/mol. The highest BCUT2D eigenvalue weighted by atomic mass is 31.2. The lowest BCUT2D eigenvalue weighted by Gasteiger charge is -2.30. The van der Waals surface area contributed by atoms with E-state index in [0.29, 0.717) is 0 Å².